The zero-order chi connectivity index (χ0) is 14.5. The van der Waals surface area contributed by atoms with E-state index in [-0.39, 0.29) is 11.6 Å². The van der Waals surface area contributed by atoms with Crippen molar-refractivity contribution in [2.45, 2.75) is 52.2 Å². The Balaban J connectivity index is 2.85. The molecule has 1 N–H and O–H groups in total. The van der Waals surface area contributed by atoms with Crippen molar-refractivity contribution in [1.82, 2.24) is 5.32 Å². The Hall–Kier alpha value is -0.570. The molecule has 1 unspecified atom stereocenters. The highest BCUT2D eigenvalue weighted by atomic mass is 35.5. The van der Waals surface area contributed by atoms with Crippen molar-refractivity contribution in [3.63, 3.8) is 0 Å². The van der Waals surface area contributed by atoms with Crippen LogP contribution in [0.1, 0.15) is 50.8 Å². The van der Waals surface area contributed by atoms with Crippen LogP contribution < -0.4 is 5.32 Å². The van der Waals surface area contributed by atoms with Gasteiger partial charge < -0.3 is 10.1 Å². The molecule has 1 atom stereocenters. The fraction of sp³-hybridized carbons (Fsp3) is 0.625. The number of halogens is 1. The molecule has 3 heteroatoms. The predicted molar refractivity (Wildman–Crippen MR) is 82.9 cm³/mol. The first-order valence-electron chi connectivity index (χ1n) is 6.95. The zero-order valence-electron chi connectivity index (χ0n) is 12.7. The van der Waals surface area contributed by atoms with E-state index in [0.717, 1.165) is 30.0 Å². The third-order valence-corrected chi connectivity index (χ3v) is 4.15. The van der Waals surface area contributed by atoms with Gasteiger partial charge in [-0.3, -0.25) is 0 Å². The minimum atomic E-state index is -0.0933. The van der Waals surface area contributed by atoms with Crippen LogP contribution in [-0.2, 0) is 4.74 Å². The van der Waals surface area contributed by atoms with Crippen LogP contribution in [0.5, 0.6) is 0 Å². The molecule has 0 heterocycles. The van der Waals surface area contributed by atoms with E-state index < -0.39 is 0 Å². The highest BCUT2D eigenvalue weighted by Crippen LogP contribution is 2.30. The predicted octanol–water partition coefficient (Wildman–Crippen LogP) is 4.50. The molecule has 0 amide bonds. The summed E-state index contributed by atoms with van der Waals surface area (Å²) >= 11 is 6.44. The van der Waals surface area contributed by atoms with Gasteiger partial charge in [0.1, 0.15) is 0 Å². The standard InChI is InChI=1S/C16H26ClNO/c1-6-18-14(10-11-16(3,4)19-5)13-9-7-8-12(2)15(13)17/h7-9,14,18H,6,10-11H2,1-5H3. The first-order chi connectivity index (χ1) is 8.91. The van der Waals surface area contributed by atoms with Gasteiger partial charge in [-0.15, -0.1) is 0 Å². The zero-order valence-corrected chi connectivity index (χ0v) is 13.5. The summed E-state index contributed by atoms with van der Waals surface area (Å²) in [7, 11) is 1.77. The summed E-state index contributed by atoms with van der Waals surface area (Å²) in [4.78, 5) is 0. The number of benzene rings is 1. The van der Waals surface area contributed by atoms with Crippen LogP contribution in [0.15, 0.2) is 18.2 Å². The van der Waals surface area contributed by atoms with E-state index in [1.165, 1.54) is 5.56 Å². The van der Waals surface area contributed by atoms with Crippen LogP contribution in [0.2, 0.25) is 5.02 Å². The maximum Gasteiger partial charge on any atom is 0.0623 e. The Labute approximate surface area is 122 Å². The topological polar surface area (TPSA) is 21.3 Å². The quantitative estimate of drug-likeness (QED) is 0.795. The lowest BCUT2D eigenvalue weighted by Crippen LogP contribution is -2.27. The normalized spacial score (nSPS) is 13.6. The molecule has 1 aromatic rings. The molecule has 0 saturated carbocycles. The summed E-state index contributed by atoms with van der Waals surface area (Å²) in [6.45, 7) is 9.34. The maximum absolute atomic E-state index is 6.44. The van der Waals surface area contributed by atoms with Gasteiger partial charge in [0.05, 0.1) is 5.60 Å². The summed E-state index contributed by atoms with van der Waals surface area (Å²) in [5.74, 6) is 0. The lowest BCUT2D eigenvalue weighted by molar-refractivity contribution is 0.0117. The number of hydrogen-bond donors (Lipinski definition) is 1. The van der Waals surface area contributed by atoms with E-state index in [1.54, 1.807) is 7.11 Å². The smallest absolute Gasteiger partial charge is 0.0623 e. The molecule has 2 nitrogen and oxygen atoms in total. The molecular weight excluding hydrogens is 258 g/mol. The maximum atomic E-state index is 6.44. The first-order valence-corrected chi connectivity index (χ1v) is 7.32. The average molecular weight is 284 g/mol. The molecule has 0 spiro atoms. The Kier molecular flexibility index (Phi) is 6.31. The number of methoxy groups -OCH3 is 1. The molecule has 0 saturated heterocycles. The van der Waals surface area contributed by atoms with Crippen molar-refractivity contribution >= 4 is 11.6 Å². The number of nitrogens with one attached hydrogen (secondary N) is 1. The first kappa shape index (κ1) is 16.5. The lowest BCUT2D eigenvalue weighted by atomic mass is 9.94. The van der Waals surface area contributed by atoms with Crippen LogP contribution in [0, 0.1) is 6.92 Å². The Morgan fingerprint density at radius 2 is 2.05 bits per heavy atom. The number of aryl methyl sites for hydroxylation is 1. The van der Waals surface area contributed by atoms with E-state index in [4.69, 9.17) is 16.3 Å². The van der Waals surface area contributed by atoms with Crippen LogP contribution in [-0.4, -0.2) is 19.3 Å². The van der Waals surface area contributed by atoms with Gasteiger partial charge in [0.25, 0.3) is 0 Å². The summed E-state index contributed by atoms with van der Waals surface area (Å²) < 4.78 is 5.50. The van der Waals surface area contributed by atoms with Crippen LogP contribution in [0.4, 0.5) is 0 Å². The lowest BCUT2D eigenvalue weighted by Gasteiger charge is -2.27. The second-order valence-corrected chi connectivity index (χ2v) is 5.97. The molecule has 0 radical (unpaired) electrons. The van der Waals surface area contributed by atoms with Crippen LogP contribution >= 0.6 is 11.6 Å². The van der Waals surface area contributed by atoms with Gasteiger partial charge in [-0.1, -0.05) is 36.7 Å². The Morgan fingerprint density at radius 1 is 1.37 bits per heavy atom. The molecule has 108 valence electrons. The van der Waals surface area contributed by atoms with Gasteiger partial charge in [-0.05, 0) is 51.3 Å². The van der Waals surface area contributed by atoms with Crippen LogP contribution in [0.25, 0.3) is 0 Å². The summed E-state index contributed by atoms with van der Waals surface area (Å²) in [5.41, 5.74) is 2.23. The van der Waals surface area contributed by atoms with Crippen molar-refractivity contribution in [2.75, 3.05) is 13.7 Å². The molecule has 0 bridgehead atoms. The molecular formula is C16H26ClNO. The molecule has 0 aromatic heterocycles. The Morgan fingerprint density at radius 3 is 2.63 bits per heavy atom. The Bertz CT molecular complexity index is 404. The SMILES string of the molecule is CCNC(CCC(C)(C)OC)c1cccc(C)c1Cl. The number of ether oxygens (including phenoxy) is 1. The third-order valence-electron chi connectivity index (χ3n) is 3.64. The summed E-state index contributed by atoms with van der Waals surface area (Å²) in [6.07, 6.45) is 2.00. The summed E-state index contributed by atoms with van der Waals surface area (Å²) in [5, 5.41) is 4.40. The molecule has 0 fully saturated rings. The van der Waals surface area contributed by atoms with Crippen molar-refractivity contribution in [3.05, 3.63) is 34.3 Å². The van der Waals surface area contributed by atoms with E-state index in [2.05, 4.69) is 38.2 Å². The van der Waals surface area contributed by atoms with E-state index >= 15 is 0 Å². The fourth-order valence-corrected chi connectivity index (χ4v) is 2.40. The molecule has 0 aliphatic heterocycles. The minimum absolute atomic E-state index is 0.0933. The van der Waals surface area contributed by atoms with Gasteiger partial charge in [-0.2, -0.15) is 0 Å². The van der Waals surface area contributed by atoms with Crippen molar-refractivity contribution in [3.8, 4) is 0 Å². The average Bonchev–Trinajstić information content (AvgIpc) is 2.38. The van der Waals surface area contributed by atoms with Gasteiger partial charge in [0.15, 0.2) is 0 Å². The molecule has 0 aliphatic carbocycles. The second-order valence-electron chi connectivity index (χ2n) is 5.59. The van der Waals surface area contributed by atoms with E-state index in [0.29, 0.717) is 0 Å². The highest BCUT2D eigenvalue weighted by molar-refractivity contribution is 6.32. The highest BCUT2D eigenvalue weighted by Gasteiger charge is 2.21. The second kappa shape index (κ2) is 7.28. The van der Waals surface area contributed by atoms with Crippen molar-refractivity contribution < 1.29 is 4.74 Å². The fourth-order valence-electron chi connectivity index (χ4n) is 2.15. The van der Waals surface area contributed by atoms with Gasteiger partial charge in [0, 0.05) is 18.2 Å². The van der Waals surface area contributed by atoms with Crippen molar-refractivity contribution in [1.29, 1.82) is 0 Å². The third kappa shape index (κ3) is 4.79. The largest absolute Gasteiger partial charge is 0.379 e. The van der Waals surface area contributed by atoms with Gasteiger partial charge in [-0.25, -0.2) is 0 Å². The van der Waals surface area contributed by atoms with Gasteiger partial charge in [0.2, 0.25) is 0 Å². The molecule has 19 heavy (non-hydrogen) atoms. The minimum Gasteiger partial charge on any atom is -0.379 e. The number of hydrogen-bond acceptors (Lipinski definition) is 2. The number of rotatable bonds is 7. The van der Waals surface area contributed by atoms with E-state index in [1.807, 2.05) is 13.0 Å². The molecule has 0 aliphatic rings. The van der Waals surface area contributed by atoms with E-state index in [9.17, 15) is 0 Å². The van der Waals surface area contributed by atoms with Gasteiger partial charge >= 0.3 is 0 Å². The van der Waals surface area contributed by atoms with Crippen LogP contribution in [0.3, 0.4) is 0 Å². The molecule has 1 rings (SSSR count). The van der Waals surface area contributed by atoms with Crippen molar-refractivity contribution in [2.24, 2.45) is 0 Å². The monoisotopic (exact) mass is 283 g/mol. The summed E-state index contributed by atoms with van der Waals surface area (Å²) in [6, 6.07) is 6.52. The molecule has 1 aromatic carbocycles.